The molecule has 0 aromatic carbocycles. The van der Waals surface area contributed by atoms with Gasteiger partial charge in [0.15, 0.2) is 0 Å². The Balaban J connectivity index is -0.000000157. The molecular formula is C16H20Zr. The van der Waals surface area contributed by atoms with Crippen LogP contribution >= 0.6 is 0 Å². The molecule has 0 spiro atoms. The van der Waals surface area contributed by atoms with Crippen molar-refractivity contribution in [3.8, 4) is 0 Å². The van der Waals surface area contributed by atoms with Gasteiger partial charge in [0.25, 0.3) is 0 Å². The number of rotatable bonds is 0. The van der Waals surface area contributed by atoms with Crippen molar-refractivity contribution in [2.75, 3.05) is 0 Å². The predicted molar refractivity (Wildman–Crippen MR) is 74.2 cm³/mol. The first-order chi connectivity index (χ1) is 7.83. The first-order valence-corrected chi connectivity index (χ1v) is 5.07. The zero-order valence-corrected chi connectivity index (χ0v) is 12.8. The average Bonchev–Trinajstić information content (AvgIpc) is 3.00. The largest absolute Gasteiger partial charge is 4.00 e. The minimum Gasteiger partial charge on any atom is -0.273 e. The normalized spacial score (nSPS) is 11.8. The molecule has 0 N–H and O–H groups in total. The van der Waals surface area contributed by atoms with Gasteiger partial charge in [0.2, 0.25) is 0 Å². The van der Waals surface area contributed by atoms with E-state index >= 15 is 0 Å². The minimum atomic E-state index is 0. The molecule has 0 aromatic rings. The Morgan fingerprint density at radius 2 is 1.18 bits per heavy atom. The van der Waals surface area contributed by atoms with E-state index in [0.717, 1.165) is 12.8 Å². The van der Waals surface area contributed by atoms with Crippen molar-refractivity contribution in [2.45, 2.75) is 12.8 Å². The van der Waals surface area contributed by atoms with Gasteiger partial charge in [-0.05, 0) is 0 Å². The van der Waals surface area contributed by atoms with E-state index in [4.69, 9.17) is 0 Å². The second kappa shape index (κ2) is 24.3. The van der Waals surface area contributed by atoms with Crippen LogP contribution in [-0.4, -0.2) is 0 Å². The fourth-order valence-electron chi connectivity index (χ4n) is 0.680. The van der Waals surface area contributed by atoms with Gasteiger partial charge in [-0.25, -0.2) is 63.5 Å². The Hall–Kier alpha value is -0.937. The Kier molecular flexibility index (Phi) is 30.6. The van der Waals surface area contributed by atoms with Crippen LogP contribution in [0, 0.1) is 26.0 Å². The van der Waals surface area contributed by atoms with Crippen LogP contribution in [0.25, 0.3) is 0 Å². The molecule has 0 saturated carbocycles. The number of allylic oxidation sites excluding steroid dienone is 10. The molecule has 0 fully saturated rings. The number of hydrogen-bond acceptors (Lipinski definition) is 0. The van der Waals surface area contributed by atoms with Crippen LogP contribution in [-0.2, 0) is 26.2 Å². The van der Waals surface area contributed by atoms with Gasteiger partial charge < -0.3 is 0 Å². The van der Waals surface area contributed by atoms with E-state index in [2.05, 4.69) is 51.3 Å². The van der Waals surface area contributed by atoms with Crippen LogP contribution in [0.4, 0.5) is 0 Å². The van der Waals surface area contributed by atoms with E-state index in [9.17, 15) is 0 Å². The summed E-state index contributed by atoms with van der Waals surface area (Å²) in [5.74, 6) is 0. The van der Waals surface area contributed by atoms with Crippen molar-refractivity contribution in [3.05, 3.63) is 87.8 Å². The Morgan fingerprint density at radius 1 is 0.882 bits per heavy atom. The summed E-state index contributed by atoms with van der Waals surface area (Å²) >= 11 is 0. The maximum Gasteiger partial charge on any atom is 4.00 e. The van der Waals surface area contributed by atoms with Crippen LogP contribution in [0.2, 0.25) is 0 Å². The quantitative estimate of drug-likeness (QED) is 0.573. The standard InChI is InChI=1S/2C5H5.2C3H5.Zr/c2*1-2-4-5-3-1;2*1-3-2;/h2*1-3H,4H2;2*3H,1-2H2;/q4*-1;+4. The summed E-state index contributed by atoms with van der Waals surface area (Å²) in [5, 5.41) is 0. The van der Waals surface area contributed by atoms with Gasteiger partial charge in [-0.15, -0.1) is 12.8 Å². The Bertz CT molecular complexity index is 207. The maximum absolute atomic E-state index is 3.25. The first kappa shape index (κ1) is 21.4. The van der Waals surface area contributed by atoms with Gasteiger partial charge in [-0.2, -0.15) is 12.2 Å². The molecule has 0 saturated heterocycles. The van der Waals surface area contributed by atoms with Gasteiger partial charge in [0.1, 0.15) is 0 Å². The second-order valence-corrected chi connectivity index (χ2v) is 2.58. The zero-order valence-electron chi connectivity index (χ0n) is 10.4. The second-order valence-electron chi connectivity index (χ2n) is 2.58. The minimum absolute atomic E-state index is 0. The fourth-order valence-corrected chi connectivity index (χ4v) is 0.680. The summed E-state index contributed by atoms with van der Waals surface area (Å²) in [6.07, 6.45) is 23.0. The van der Waals surface area contributed by atoms with Crippen molar-refractivity contribution in [2.24, 2.45) is 0 Å². The molecule has 0 nitrogen and oxygen atoms in total. The average molecular weight is 304 g/mol. The summed E-state index contributed by atoms with van der Waals surface area (Å²) in [6.45, 7) is 13.0. The van der Waals surface area contributed by atoms with Crippen molar-refractivity contribution < 1.29 is 26.2 Å². The summed E-state index contributed by atoms with van der Waals surface area (Å²) in [6, 6.07) is 0. The van der Waals surface area contributed by atoms with E-state index in [1.54, 1.807) is 0 Å². The zero-order chi connectivity index (χ0) is 12.5. The molecule has 0 bridgehead atoms. The fraction of sp³-hybridized carbons (Fsp3) is 0.125. The van der Waals surface area contributed by atoms with Gasteiger partial charge in [-0.3, -0.25) is 12.2 Å². The van der Waals surface area contributed by atoms with Crippen molar-refractivity contribution in [3.63, 3.8) is 0 Å². The molecule has 2 aliphatic rings. The third kappa shape index (κ3) is 31.3. The Morgan fingerprint density at radius 3 is 1.24 bits per heavy atom. The van der Waals surface area contributed by atoms with Crippen molar-refractivity contribution >= 4 is 0 Å². The molecule has 0 aromatic heterocycles. The summed E-state index contributed by atoms with van der Waals surface area (Å²) < 4.78 is 0. The van der Waals surface area contributed by atoms with Gasteiger partial charge in [-0.1, -0.05) is 0 Å². The summed E-state index contributed by atoms with van der Waals surface area (Å²) in [7, 11) is 0. The van der Waals surface area contributed by atoms with E-state index < -0.39 is 0 Å². The van der Waals surface area contributed by atoms with Crippen LogP contribution in [0.1, 0.15) is 12.8 Å². The molecule has 1 heteroatoms. The molecule has 17 heavy (non-hydrogen) atoms. The van der Waals surface area contributed by atoms with Gasteiger partial charge in [0, 0.05) is 0 Å². The van der Waals surface area contributed by atoms with Crippen LogP contribution in [0.15, 0.2) is 61.8 Å². The topological polar surface area (TPSA) is 0 Å². The van der Waals surface area contributed by atoms with E-state index in [0.29, 0.717) is 0 Å². The molecule has 0 radical (unpaired) electrons. The summed E-state index contributed by atoms with van der Waals surface area (Å²) in [5.41, 5.74) is 0. The molecule has 0 amide bonds. The van der Waals surface area contributed by atoms with Crippen LogP contribution in [0.5, 0.6) is 0 Å². The smallest absolute Gasteiger partial charge is 0.273 e. The monoisotopic (exact) mass is 302 g/mol. The molecule has 0 atom stereocenters. The third-order valence-corrected chi connectivity index (χ3v) is 1.17. The molecular weight excluding hydrogens is 283 g/mol. The van der Waals surface area contributed by atoms with Crippen LogP contribution in [0.3, 0.4) is 0 Å². The Labute approximate surface area is 126 Å². The SMILES string of the molecule is C=C[CH2-].C=C[CH2-].[C-]1=CC=CC1.[C-]1=CC=CC1.[Zr+4]. The molecule has 2 aliphatic carbocycles. The van der Waals surface area contributed by atoms with Crippen LogP contribution < -0.4 is 0 Å². The maximum atomic E-state index is 3.25. The molecule has 0 aliphatic heterocycles. The van der Waals surface area contributed by atoms with E-state index in [1.807, 2.05) is 24.3 Å². The molecule has 0 unspecified atom stereocenters. The first-order valence-electron chi connectivity index (χ1n) is 5.07. The van der Waals surface area contributed by atoms with Gasteiger partial charge in [0.05, 0.1) is 0 Å². The number of hydrogen-bond donors (Lipinski definition) is 0. The van der Waals surface area contributed by atoms with Gasteiger partial charge >= 0.3 is 26.2 Å². The van der Waals surface area contributed by atoms with E-state index in [1.165, 1.54) is 12.2 Å². The predicted octanol–water partition coefficient (Wildman–Crippen LogP) is 4.62. The molecule has 88 valence electrons. The molecule has 0 heterocycles. The van der Waals surface area contributed by atoms with E-state index in [-0.39, 0.29) is 26.2 Å². The van der Waals surface area contributed by atoms with Crippen molar-refractivity contribution in [1.29, 1.82) is 0 Å². The summed E-state index contributed by atoms with van der Waals surface area (Å²) in [4.78, 5) is 0. The molecule has 2 rings (SSSR count). The van der Waals surface area contributed by atoms with Crippen molar-refractivity contribution in [1.82, 2.24) is 0 Å². The third-order valence-electron chi connectivity index (χ3n) is 1.17.